The molecule has 42 heavy (non-hydrogen) atoms. The lowest BCUT2D eigenvalue weighted by molar-refractivity contribution is 0.0746. The van der Waals surface area contributed by atoms with Crippen molar-refractivity contribution in [3.63, 3.8) is 0 Å². The van der Waals surface area contributed by atoms with Gasteiger partial charge in [-0.2, -0.15) is 5.10 Å². The Hall–Kier alpha value is -5.04. The molecule has 7 heteroatoms. The number of rotatable bonds is 10. The highest BCUT2D eigenvalue weighted by Gasteiger charge is 2.42. The number of hydrogen-bond acceptors (Lipinski definition) is 5. The Morgan fingerprint density at radius 1 is 0.833 bits per heavy atom. The first-order valence-electron chi connectivity index (χ1n) is 14.0. The minimum atomic E-state index is -0.300. The topological polar surface area (TPSA) is 76.7 Å². The zero-order valence-electron chi connectivity index (χ0n) is 24.0. The molecule has 5 aromatic rings. The Labute approximate surface area is 245 Å². The zero-order chi connectivity index (χ0) is 29.1. The molecule has 0 saturated heterocycles. The van der Waals surface area contributed by atoms with Crippen LogP contribution in [0.15, 0.2) is 97.1 Å². The van der Waals surface area contributed by atoms with E-state index in [0.717, 1.165) is 39.3 Å². The minimum Gasteiger partial charge on any atom is -0.493 e. The SMILES string of the molecule is COc1ccc(CCN2C(=O)c3[nH]nc(-c4ccc(C)cc4)c3C2c2ccc(OCc3ccccc3)cc2)cc1OC. The summed E-state index contributed by atoms with van der Waals surface area (Å²) >= 11 is 0. The number of aromatic nitrogens is 2. The Morgan fingerprint density at radius 2 is 1.57 bits per heavy atom. The van der Waals surface area contributed by atoms with E-state index in [9.17, 15) is 4.79 Å². The summed E-state index contributed by atoms with van der Waals surface area (Å²) in [5, 5.41) is 7.67. The van der Waals surface area contributed by atoms with Gasteiger partial charge in [-0.25, -0.2) is 0 Å². The van der Waals surface area contributed by atoms with Crippen molar-refractivity contribution in [2.24, 2.45) is 0 Å². The van der Waals surface area contributed by atoms with Crippen LogP contribution in [0.4, 0.5) is 0 Å². The maximum atomic E-state index is 13.8. The molecule has 0 aliphatic carbocycles. The highest BCUT2D eigenvalue weighted by Crippen LogP contribution is 2.43. The van der Waals surface area contributed by atoms with Gasteiger partial charge in [0.15, 0.2) is 11.5 Å². The Kier molecular flexibility index (Phi) is 7.64. The maximum Gasteiger partial charge on any atom is 0.273 e. The fourth-order valence-electron chi connectivity index (χ4n) is 5.48. The van der Waals surface area contributed by atoms with Gasteiger partial charge in [0.05, 0.1) is 26.0 Å². The average Bonchev–Trinajstić information content (AvgIpc) is 3.58. The number of carbonyl (C=O) groups excluding carboxylic acids is 1. The summed E-state index contributed by atoms with van der Waals surface area (Å²) in [5.74, 6) is 2.05. The molecule has 7 nitrogen and oxygen atoms in total. The van der Waals surface area contributed by atoms with Crippen molar-refractivity contribution in [2.45, 2.75) is 26.0 Å². The van der Waals surface area contributed by atoms with Crippen LogP contribution in [-0.4, -0.2) is 41.8 Å². The summed E-state index contributed by atoms with van der Waals surface area (Å²) < 4.78 is 16.9. The number of benzene rings is 4. The second-order valence-electron chi connectivity index (χ2n) is 10.4. The maximum absolute atomic E-state index is 13.8. The van der Waals surface area contributed by atoms with Crippen molar-refractivity contribution < 1.29 is 19.0 Å². The first-order chi connectivity index (χ1) is 20.6. The molecule has 4 aromatic carbocycles. The summed E-state index contributed by atoms with van der Waals surface area (Å²) in [7, 11) is 3.25. The number of H-pyrrole nitrogens is 1. The van der Waals surface area contributed by atoms with Gasteiger partial charge in [0.1, 0.15) is 18.1 Å². The van der Waals surface area contributed by atoms with Crippen molar-refractivity contribution in [2.75, 3.05) is 20.8 Å². The molecular weight excluding hydrogens is 526 g/mol. The second kappa shape index (κ2) is 11.8. The van der Waals surface area contributed by atoms with Crippen molar-refractivity contribution in [3.05, 3.63) is 131 Å². The molecule has 1 aliphatic heterocycles. The number of ether oxygens (including phenoxy) is 3. The number of amides is 1. The number of aryl methyl sites for hydroxylation is 1. The van der Waals surface area contributed by atoms with E-state index in [2.05, 4.69) is 41.4 Å². The zero-order valence-corrected chi connectivity index (χ0v) is 24.0. The van der Waals surface area contributed by atoms with Gasteiger partial charge < -0.3 is 19.1 Å². The molecule has 1 atom stereocenters. The van der Waals surface area contributed by atoms with Gasteiger partial charge in [0, 0.05) is 17.7 Å². The fraction of sp³-hybridized carbons (Fsp3) is 0.200. The molecular formula is C35H33N3O4. The van der Waals surface area contributed by atoms with Gasteiger partial charge in [-0.15, -0.1) is 0 Å². The van der Waals surface area contributed by atoms with E-state index >= 15 is 0 Å². The molecule has 0 saturated carbocycles. The lowest BCUT2D eigenvalue weighted by Gasteiger charge is -2.27. The van der Waals surface area contributed by atoms with Crippen LogP contribution in [0.2, 0.25) is 0 Å². The first-order valence-corrected chi connectivity index (χ1v) is 14.0. The van der Waals surface area contributed by atoms with Crippen molar-refractivity contribution in [1.82, 2.24) is 15.1 Å². The van der Waals surface area contributed by atoms with Crippen molar-refractivity contribution >= 4 is 5.91 Å². The number of carbonyl (C=O) groups is 1. The highest BCUT2D eigenvalue weighted by atomic mass is 16.5. The van der Waals surface area contributed by atoms with Crippen LogP contribution in [0.3, 0.4) is 0 Å². The lowest BCUT2D eigenvalue weighted by atomic mass is 9.95. The smallest absolute Gasteiger partial charge is 0.273 e. The Morgan fingerprint density at radius 3 is 2.29 bits per heavy atom. The van der Waals surface area contributed by atoms with Crippen LogP contribution >= 0.6 is 0 Å². The summed E-state index contributed by atoms with van der Waals surface area (Å²) in [5.41, 5.74) is 7.52. The van der Waals surface area contributed by atoms with Gasteiger partial charge >= 0.3 is 0 Å². The molecule has 0 bridgehead atoms. The van der Waals surface area contributed by atoms with Crippen LogP contribution in [0.5, 0.6) is 17.2 Å². The monoisotopic (exact) mass is 559 g/mol. The Bertz CT molecular complexity index is 1680. The molecule has 1 N–H and O–H groups in total. The van der Waals surface area contributed by atoms with Crippen LogP contribution < -0.4 is 14.2 Å². The molecule has 1 amide bonds. The van der Waals surface area contributed by atoms with Crippen molar-refractivity contribution in [1.29, 1.82) is 0 Å². The van der Waals surface area contributed by atoms with E-state index in [-0.39, 0.29) is 11.9 Å². The molecule has 1 unspecified atom stereocenters. The van der Waals surface area contributed by atoms with E-state index in [1.54, 1.807) is 14.2 Å². The van der Waals surface area contributed by atoms with E-state index in [1.807, 2.05) is 77.7 Å². The fourth-order valence-corrected chi connectivity index (χ4v) is 5.48. The highest BCUT2D eigenvalue weighted by molar-refractivity contribution is 6.00. The van der Waals surface area contributed by atoms with E-state index < -0.39 is 0 Å². The van der Waals surface area contributed by atoms with Crippen LogP contribution in [0.1, 0.15) is 44.3 Å². The number of nitrogens with one attached hydrogen (secondary N) is 1. The first kappa shape index (κ1) is 27.1. The van der Waals surface area contributed by atoms with Crippen molar-refractivity contribution in [3.8, 4) is 28.5 Å². The van der Waals surface area contributed by atoms with Gasteiger partial charge in [-0.05, 0) is 54.3 Å². The van der Waals surface area contributed by atoms with Gasteiger partial charge in [-0.3, -0.25) is 9.89 Å². The normalized spacial score (nSPS) is 14.1. The average molecular weight is 560 g/mol. The van der Waals surface area contributed by atoms with Gasteiger partial charge in [-0.1, -0.05) is 78.4 Å². The third-order valence-corrected chi connectivity index (χ3v) is 7.72. The summed E-state index contributed by atoms with van der Waals surface area (Å²) in [6, 6.07) is 31.9. The molecule has 2 heterocycles. The number of fused-ring (bicyclic) bond motifs is 1. The second-order valence-corrected chi connectivity index (χ2v) is 10.4. The molecule has 1 aliphatic rings. The minimum absolute atomic E-state index is 0.0641. The molecule has 1 aromatic heterocycles. The molecule has 212 valence electrons. The van der Waals surface area contributed by atoms with Gasteiger partial charge in [0.2, 0.25) is 0 Å². The van der Waals surface area contributed by atoms with Crippen LogP contribution in [-0.2, 0) is 13.0 Å². The van der Waals surface area contributed by atoms with E-state index in [1.165, 1.54) is 5.56 Å². The van der Waals surface area contributed by atoms with E-state index in [0.29, 0.717) is 36.8 Å². The van der Waals surface area contributed by atoms with E-state index in [4.69, 9.17) is 14.2 Å². The molecule has 6 rings (SSSR count). The number of aromatic amines is 1. The Balaban J connectivity index is 1.31. The predicted molar refractivity (Wildman–Crippen MR) is 162 cm³/mol. The molecule has 0 spiro atoms. The number of hydrogen-bond donors (Lipinski definition) is 1. The van der Waals surface area contributed by atoms with Crippen LogP contribution in [0.25, 0.3) is 11.3 Å². The van der Waals surface area contributed by atoms with Gasteiger partial charge in [0.25, 0.3) is 5.91 Å². The largest absolute Gasteiger partial charge is 0.493 e. The van der Waals surface area contributed by atoms with Crippen LogP contribution in [0, 0.1) is 6.92 Å². The summed E-state index contributed by atoms with van der Waals surface area (Å²) in [4.78, 5) is 15.8. The predicted octanol–water partition coefficient (Wildman–Crippen LogP) is 6.77. The molecule has 0 radical (unpaired) electrons. The standard InChI is InChI=1S/C35H33N3O4/c1-23-9-12-26(13-10-23)32-31-33(37-36-32)35(39)38(20-19-24-11-18-29(40-2)30(21-24)41-3)34(31)27-14-16-28(17-15-27)42-22-25-7-5-4-6-8-25/h4-18,21,34H,19-20,22H2,1-3H3,(H,36,37). The third-order valence-electron chi connectivity index (χ3n) is 7.72. The summed E-state index contributed by atoms with van der Waals surface area (Å²) in [6.07, 6.45) is 0.651. The lowest BCUT2D eigenvalue weighted by Crippen LogP contribution is -2.31. The number of nitrogens with zero attached hydrogens (tertiary/aromatic N) is 2. The number of methoxy groups -OCH3 is 2. The summed E-state index contributed by atoms with van der Waals surface area (Å²) in [6.45, 7) is 3.06. The quantitative estimate of drug-likeness (QED) is 0.204. The molecule has 0 fully saturated rings. The third kappa shape index (κ3) is 5.33.